The average molecular weight is 414 g/mol. The van der Waals surface area contributed by atoms with Crippen molar-refractivity contribution in [3.05, 3.63) is 84.1 Å². The lowest BCUT2D eigenvalue weighted by molar-refractivity contribution is -0.118. The van der Waals surface area contributed by atoms with E-state index in [0.29, 0.717) is 34.0 Å². The number of hydrogen-bond acceptors (Lipinski definition) is 5. The van der Waals surface area contributed by atoms with Crippen LogP contribution >= 0.6 is 0 Å². The number of ether oxygens (including phenoxy) is 2. The first-order valence-corrected chi connectivity index (χ1v) is 9.74. The van der Waals surface area contributed by atoms with Crippen LogP contribution < -0.4 is 20.1 Å². The van der Waals surface area contributed by atoms with Gasteiger partial charge >= 0.3 is 0 Å². The minimum atomic E-state index is -0.411. The fourth-order valence-electron chi connectivity index (χ4n) is 3.45. The van der Waals surface area contributed by atoms with Crippen molar-refractivity contribution in [2.24, 2.45) is 0 Å². The van der Waals surface area contributed by atoms with Gasteiger partial charge in [0.1, 0.15) is 23.7 Å². The SMILES string of the molecule is O=C1COc2ccc(NC(=O)c3oc4ccccc4c3COc3ccccc3)cc2N1. The fourth-order valence-corrected chi connectivity index (χ4v) is 3.45. The van der Waals surface area contributed by atoms with Crippen LogP contribution in [0.25, 0.3) is 11.0 Å². The monoisotopic (exact) mass is 414 g/mol. The van der Waals surface area contributed by atoms with Gasteiger partial charge in [-0.2, -0.15) is 0 Å². The van der Waals surface area contributed by atoms with Gasteiger partial charge in [0.05, 0.1) is 5.69 Å². The van der Waals surface area contributed by atoms with E-state index in [0.717, 1.165) is 5.39 Å². The van der Waals surface area contributed by atoms with Crippen LogP contribution in [0.4, 0.5) is 11.4 Å². The highest BCUT2D eigenvalue weighted by atomic mass is 16.5. The van der Waals surface area contributed by atoms with E-state index in [-0.39, 0.29) is 24.9 Å². The maximum atomic E-state index is 13.1. The highest BCUT2D eigenvalue weighted by Crippen LogP contribution is 2.32. The van der Waals surface area contributed by atoms with Crippen molar-refractivity contribution >= 4 is 34.2 Å². The second kappa shape index (κ2) is 7.87. The second-order valence-electron chi connectivity index (χ2n) is 7.01. The van der Waals surface area contributed by atoms with Gasteiger partial charge in [-0.3, -0.25) is 9.59 Å². The van der Waals surface area contributed by atoms with Gasteiger partial charge in [-0.05, 0) is 36.4 Å². The largest absolute Gasteiger partial charge is 0.489 e. The van der Waals surface area contributed by atoms with Crippen LogP contribution in [0.2, 0.25) is 0 Å². The summed E-state index contributed by atoms with van der Waals surface area (Å²) in [7, 11) is 0. The number of amides is 2. The molecule has 1 aliphatic heterocycles. The van der Waals surface area contributed by atoms with Crippen LogP contribution in [-0.2, 0) is 11.4 Å². The normalized spacial score (nSPS) is 12.6. The number of furan rings is 1. The summed E-state index contributed by atoms with van der Waals surface area (Å²) in [4.78, 5) is 24.6. The smallest absolute Gasteiger partial charge is 0.291 e. The summed E-state index contributed by atoms with van der Waals surface area (Å²) in [5.74, 6) is 0.775. The first-order valence-electron chi connectivity index (χ1n) is 9.74. The third-order valence-corrected chi connectivity index (χ3v) is 4.90. The summed E-state index contributed by atoms with van der Waals surface area (Å²) in [6.07, 6.45) is 0. The molecule has 0 saturated heterocycles. The second-order valence-corrected chi connectivity index (χ2v) is 7.01. The molecule has 7 nitrogen and oxygen atoms in total. The van der Waals surface area contributed by atoms with E-state index < -0.39 is 5.91 Å². The number of hydrogen-bond donors (Lipinski definition) is 2. The minimum Gasteiger partial charge on any atom is -0.489 e. The molecule has 4 aromatic rings. The molecule has 0 fully saturated rings. The third kappa shape index (κ3) is 3.81. The number of para-hydroxylation sites is 2. The van der Waals surface area contributed by atoms with Crippen molar-refractivity contribution < 1.29 is 23.5 Å². The van der Waals surface area contributed by atoms with E-state index in [1.807, 2.05) is 54.6 Å². The molecule has 0 saturated carbocycles. The summed E-state index contributed by atoms with van der Waals surface area (Å²) in [6, 6.07) is 21.9. The number of carbonyl (C=O) groups is 2. The van der Waals surface area contributed by atoms with Crippen LogP contribution in [0.1, 0.15) is 16.1 Å². The van der Waals surface area contributed by atoms with E-state index in [1.54, 1.807) is 18.2 Å². The zero-order chi connectivity index (χ0) is 21.2. The maximum absolute atomic E-state index is 13.1. The zero-order valence-electron chi connectivity index (χ0n) is 16.4. The first-order chi connectivity index (χ1) is 15.2. The maximum Gasteiger partial charge on any atom is 0.291 e. The molecule has 3 aromatic carbocycles. The van der Waals surface area contributed by atoms with Gasteiger partial charge in [0, 0.05) is 16.6 Å². The molecule has 0 bridgehead atoms. The molecular formula is C24H18N2O5. The van der Waals surface area contributed by atoms with Gasteiger partial charge in [-0.25, -0.2) is 0 Å². The Hall–Kier alpha value is -4.26. The van der Waals surface area contributed by atoms with Gasteiger partial charge in [0.25, 0.3) is 11.8 Å². The molecule has 2 amide bonds. The summed E-state index contributed by atoms with van der Waals surface area (Å²) in [6.45, 7) is 0.153. The summed E-state index contributed by atoms with van der Waals surface area (Å²) >= 11 is 0. The molecule has 0 radical (unpaired) electrons. The highest BCUT2D eigenvalue weighted by Gasteiger charge is 2.22. The van der Waals surface area contributed by atoms with Crippen LogP contribution in [0.3, 0.4) is 0 Å². The number of rotatable bonds is 5. The molecule has 7 heteroatoms. The molecule has 5 rings (SSSR count). The summed E-state index contributed by atoms with van der Waals surface area (Å²) in [5, 5.41) is 6.37. The van der Waals surface area contributed by atoms with Crippen molar-refractivity contribution in [3.8, 4) is 11.5 Å². The fraction of sp³-hybridized carbons (Fsp3) is 0.0833. The number of nitrogens with one attached hydrogen (secondary N) is 2. The van der Waals surface area contributed by atoms with Gasteiger partial charge < -0.3 is 24.5 Å². The van der Waals surface area contributed by atoms with E-state index in [4.69, 9.17) is 13.9 Å². The summed E-state index contributed by atoms with van der Waals surface area (Å²) < 4.78 is 17.1. The number of carbonyl (C=O) groups excluding carboxylic acids is 2. The molecule has 0 unspecified atom stereocenters. The standard InChI is InChI=1S/C24H18N2O5/c27-22-14-30-21-11-10-15(12-19(21)26-22)25-24(28)23-18(13-29-16-6-2-1-3-7-16)17-8-4-5-9-20(17)31-23/h1-12H,13-14H2,(H,25,28)(H,26,27). The lowest BCUT2D eigenvalue weighted by Crippen LogP contribution is -2.25. The van der Waals surface area contributed by atoms with Crippen LogP contribution in [0.5, 0.6) is 11.5 Å². The third-order valence-electron chi connectivity index (χ3n) is 4.90. The first kappa shape index (κ1) is 18.7. The van der Waals surface area contributed by atoms with Crippen LogP contribution in [0.15, 0.2) is 77.2 Å². The van der Waals surface area contributed by atoms with Crippen molar-refractivity contribution in [1.82, 2.24) is 0 Å². The van der Waals surface area contributed by atoms with Crippen molar-refractivity contribution in [3.63, 3.8) is 0 Å². The molecule has 0 atom stereocenters. The number of fused-ring (bicyclic) bond motifs is 2. The number of benzene rings is 3. The molecule has 31 heavy (non-hydrogen) atoms. The van der Waals surface area contributed by atoms with Crippen molar-refractivity contribution in [1.29, 1.82) is 0 Å². The van der Waals surface area contributed by atoms with Gasteiger partial charge in [0.15, 0.2) is 12.4 Å². The predicted octanol–water partition coefficient (Wildman–Crippen LogP) is 4.60. The van der Waals surface area contributed by atoms with E-state index >= 15 is 0 Å². The van der Waals surface area contributed by atoms with Gasteiger partial charge in [-0.15, -0.1) is 0 Å². The molecule has 154 valence electrons. The molecule has 2 N–H and O–H groups in total. The van der Waals surface area contributed by atoms with E-state index in [9.17, 15) is 9.59 Å². The quantitative estimate of drug-likeness (QED) is 0.498. The Kier molecular flexibility index (Phi) is 4.76. The van der Waals surface area contributed by atoms with Crippen LogP contribution in [-0.4, -0.2) is 18.4 Å². The lowest BCUT2D eigenvalue weighted by atomic mass is 10.1. The van der Waals surface area contributed by atoms with Gasteiger partial charge in [0.2, 0.25) is 0 Å². The number of anilines is 2. The zero-order valence-corrected chi connectivity index (χ0v) is 16.4. The average Bonchev–Trinajstić information content (AvgIpc) is 3.17. The predicted molar refractivity (Wildman–Crippen MR) is 116 cm³/mol. The Bertz CT molecular complexity index is 1280. The Morgan fingerprint density at radius 2 is 1.84 bits per heavy atom. The van der Waals surface area contributed by atoms with Crippen molar-refractivity contribution in [2.75, 3.05) is 17.2 Å². The Balaban J connectivity index is 1.43. The molecular weight excluding hydrogens is 396 g/mol. The Labute approximate surface area is 177 Å². The molecule has 0 aliphatic carbocycles. The Morgan fingerprint density at radius 1 is 1.03 bits per heavy atom. The molecule has 1 aliphatic rings. The van der Waals surface area contributed by atoms with Crippen molar-refractivity contribution in [2.45, 2.75) is 6.61 Å². The summed E-state index contributed by atoms with van der Waals surface area (Å²) in [5.41, 5.74) is 2.27. The van der Waals surface area contributed by atoms with Crippen LogP contribution in [0, 0.1) is 0 Å². The van der Waals surface area contributed by atoms with Gasteiger partial charge in [-0.1, -0.05) is 36.4 Å². The highest BCUT2D eigenvalue weighted by molar-refractivity contribution is 6.07. The molecule has 1 aromatic heterocycles. The topological polar surface area (TPSA) is 89.8 Å². The molecule has 2 heterocycles. The molecule has 0 spiro atoms. The minimum absolute atomic E-state index is 0.0253. The van der Waals surface area contributed by atoms with E-state index in [1.165, 1.54) is 0 Å². The lowest BCUT2D eigenvalue weighted by Gasteiger charge is -2.18. The van der Waals surface area contributed by atoms with E-state index in [2.05, 4.69) is 10.6 Å². The Morgan fingerprint density at radius 3 is 2.71 bits per heavy atom.